The fourth-order valence-electron chi connectivity index (χ4n) is 2.46. The molecule has 0 radical (unpaired) electrons. The normalized spacial score (nSPS) is 18.9. The Morgan fingerprint density at radius 1 is 1.38 bits per heavy atom. The van der Waals surface area contributed by atoms with Crippen molar-refractivity contribution < 1.29 is 9.50 Å². The Kier molecular flexibility index (Phi) is 4.19. The van der Waals surface area contributed by atoms with E-state index in [0.29, 0.717) is 5.92 Å². The van der Waals surface area contributed by atoms with Gasteiger partial charge in [-0.3, -0.25) is 0 Å². The highest BCUT2D eigenvalue weighted by atomic mass is 127. The summed E-state index contributed by atoms with van der Waals surface area (Å²) >= 11 is 2.09. The number of rotatable bonds is 3. The predicted molar refractivity (Wildman–Crippen MR) is 70.7 cm³/mol. The Morgan fingerprint density at radius 3 is 2.69 bits per heavy atom. The van der Waals surface area contributed by atoms with Crippen LogP contribution in [0, 0.1) is 15.3 Å². The van der Waals surface area contributed by atoms with Crippen LogP contribution >= 0.6 is 22.6 Å². The van der Waals surface area contributed by atoms with E-state index in [4.69, 9.17) is 0 Å². The fraction of sp³-hybridized carbons (Fsp3) is 0.538. The van der Waals surface area contributed by atoms with E-state index < -0.39 is 6.10 Å². The molecule has 1 fully saturated rings. The summed E-state index contributed by atoms with van der Waals surface area (Å²) < 4.78 is 13.8. The van der Waals surface area contributed by atoms with E-state index in [-0.39, 0.29) is 5.82 Å². The maximum Gasteiger partial charge on any atom is 0.124 e. The van der Waals surface area contributed by atoms with Crippen molar-refractivity contribution in [3.8, 4) is 0 Å². The van der Waals surface area contributed by atoms with Gasteiger partial charge >= 0.3 is 0 Å². The van der Waals surface area contributed by atoms with Crippen molar-refractivity contribution in [2.24, 2.45) is 5.92 Å². The summed E-state index contributed by atoms with van der Waals surface area (Å²) in [5.74, 6) is 0.414. The third-order valence-electron chi connectivity index (χ3n) is 3.35. The van der Waals surface area contributed by atoms with Gasteiger partial charge in [0.25, 0.3) is 0 Å². The van der Waals surface area contributed by atoms with Crippen molar-refractivity contribution in [1.29, 1.82) is 0 Å². The van der Waals surface area contributed by atoms with E-state index in [1.807, 2.05) is 0 Å². The maximum absolute atomic E-state index is 12.9. The smallest absolute Gasteiger partial charge is 0.124 e. The minimum Gasteiger partial charge on any atom is -0.388 e. The van der Waals surface area contributed by atoms with Gasteiger partial charge in [-0.05, 0) is 52.6 Å². The van der Waals surface area contributed by atoms with Crippen LogP contribution in [0.25, 0.3) is 0 Å². The highest BCUT2D eigenvalue weighted by Gasteiger charge is 2.21. The maximum atomic E-state index is 12.9. The molecule has 1 saturated carbocycles. The van der Waals surface area contributed by atoms with Crippen LogP contribution in [0.1, 0.15) is 43.8 Å². The van der Waals surface area contributed by atoms with E-state index in [0.717, 1.165) is 15.6 Å². The molecule has 0 bridgehead atoms. The topological polar surface area (TPSA) is 20.2 Å². The number of benzene rings is 1. The Balaban J connectivity index is 2.04. The highest BCUT2D eigenvalue weighted by molar-refractivity contribution is 14.1. The molecule has 2 rings (SSSR count). The van der Waals surface area contributed by atoms with Gasteiger partial charge in [0.2, 0.25) is 0 Å². The van der Waals surface area contributed by atoms with E-state index in [1.54, 1.807) is 6.07 Å². The van der Waals surface area contributed by atoms with Gasteiger partial charge in [-0.25, -0.2) is 4.39 Å². The van der Waals surface area contributed by atoms with Crippen LogP contribution in [-0.4, -0.2) is 5.11 Å². The number of aliphatic hydroxyl groups excluding tert-OH is 1. The van der Waals surface area contributed by atoms with Crippen molar-refractivity contribution >= 4 is 22.6 Å². The molecule has 0 aliphatic heterocycles. The standard InChI is InChI=1S/C13H16FIO/c14-10-5-6-11(12(15)8-10)13(16)7-9-3-1-2-4-9/h5-6,8-9,13,16H,1-4,7H2. The van der Waals surface area contributed by atoms with Crippen molar-refractivity contribution in [3.05, 3.63) is 33.1 Å². The summed E-state index contributed by atoms with van der Waals surface area (Å²) in [4.78, 5) is 0. The first kappa shape index (κ1) is 12.3. The van der Waals surface area contributed by atoms with Crippen molar-refractivity contribution in [2.75, 3.05) is 0 Å². The lowest BCUT2D eigenvalue weighted by atomic mass is 9.96. The number of halogens is 2. The van der Waals surface area contributed by atoms with Gasteiger partial charge in [-0.15, -0.1) is 0 Å². The molecule has 0 aromatic heterocycles. The summed E-state index contributed by atoms with van der Waals surface area (Å²) in [7, 11) is 0. The summed E-state index contributed by atoms with van der Waals surface area (Å²) in [5, 5.41) is 10.1. The zero-order valence-corrected chi connectivity index (χ0v) is 11.3. The molecule has 1 aliphatic carbocycles. The number of hydrogen-bond donors (Lipinski definition) is 1. The second kappa shape index (κ2) is 5.45. The molecule has 0 spiro atoms. The first-order valence-corrected chi connectivity index (χ1v) is 6.87. The van der Waals surface area contributed by atoms with Gasteiger partial charge in [0.15, 0.2) is 0 Å². The van der Waals surface area contributed by atoms with Crippen molar-refractivity contribution in [3.63, 3.8) is 0 Å². The van der Waals surface area contributed by atoms with E-state index in [2.05, 4.69) is 22.6 Å². The summed E-state index contributed by atoms with van der Waals surface area (Å²) in [6, 6.07) is 4.61. The molecule has 0 amide bonds. The van der Waals surface area contributed by atoms with Gasteiger partial charge in [-0.1, -0.05) is 31.7 Å². The monoisotopic (exact) mass is 334 g/mol. The van der Waals surface area contributed by atoms with Crippen LogP contribution in [0.2, 0.25) is 0 Å². The Hall–Kier alpha value is -0.160. The third-order valence-corrected chi connectivity index (χ3v) is 4.29. The Bertz CT molecular complexity index is 361. The molecular formula is C13H16FIO. The molecule has 1 atom stereocenters. The van der Waals surface area contributed by atoms with E-state index in [1.165, 1.54) is 37.8 Å². The van der Waals surface area contributed by atoms with Gasteiger partial charge < -0.3 is 5.11 Å². The minimum absolute atomic E-state index is 0.235. The van der Waals surface area contributed by atoms with Crippen LogP contribution in [0.3, 0.4) is 0 Å². The predicted octanol–water partition coefficient (Wildman–Crippen LogP) is 4.04. The van der Waals surface area contributed by atoms with Crippen LogP contribution < -0.4 is 0 Å². The molecule has 16 heavy (non-hydrogen) atoms. The minimum atomic E-state index is -0.435. The average Bonchev–Trinajstić information content (AvgIpc) is 2.70. The second-order valence-corrected chi connectivity index (χ2v) is 5.73. The van der Waals surface area contributed by atoms with Gasteiger partial charge in [0.05, 0.1) is 6.10 Å². The van der Waals surface area contributed by atoms with E-state index >= 15 is 0 Å². The molecule has 1 N–H and O–H groups in total. The van der Waals surface area contributed by atoms with Crippen molar-refractivity contribution in [1.82, 2.24) is 0 Å². The van der Waals surface area contributed by atoms with Crippen LogP contribution in [0.5, 0.6) is 0 Å². The average molecular weight is 334 g/mol. The van der Waals surface area contributed by atoms with Crippen LogP contribution in [-0.2, 0) is 0 Å². The summed E-state index contributed by atoms with van der Waals surface area (Å²) in [6.07, 6.45) is 5.43. The lowest BCUT2D eigenvalue weighted by Gasteiger charge is -2.16. The van der Waals surface area contributed by atoms with Gasteiger partial charge in [0, 0.05) is 3.57 Å². The Morgan fingerprint density at radius 2 is 2.06 bits per heavy atom. The Labute approximate surface area is 109 Å². The largest absolute Gasteiger partial charge is 0.388 e. The van der Waals surface area contributed by atoms with Crippen LogP contribution in [0.4, 0.5) is 4.39 Å². The zero-order valence-electron chi connectivity index (χ0n) is 9.13. The molecule has 1 unspecified atom stereocenters. The van der Waals surface area contributed by atoms with Gasteiger partial charge in [0.1, 0.15) is 5.82 Å². The highest BCUT2D eigenvalue weighted by Crippen LogP contribution is 2.34. The first-order valence-electron chi connectivity index (χ1n) is 5.80. The summed E-state index contributed by atoms with van der Waals surface area (Å²) in [6.45, 7) is 0. The molecule has 1 aliphatic rings. The molecule has 1 nitrogen and oxygen atoms in total. The van der Waals surface area contributed by atoms with Gasteiger partial charge in [-0.2, -0.15) is 0 Å². The first-order chi connectivity index (χ1) is 7.66. The molecule has 0 saturated heterocycles. The lowest BCUT2D eigenvalue weighted by molar-refractivity contribution is 0.144. The zero-order chi connectivity index (χ0) is 11.5. The number of aliphatic hydroxyl groups is 1. The lowest BCUT2D eigenvalue weighted by Crippen LogP contribution is -2.06. The van der Waals surface area contributed by atoms with Crippen LogP contribution in [0.15, 0.2) is 18.2 Å². The molecule has 0 heterocycles. The molecule has 1 aromatic rings. The number of hydrogen-bond acceptors (Lipinski definition) is 1. The summed E-state index contributed by atoms with van der Waals surface area (Å²) in [5.41, 5.74) is 0.869. The SMILES string of the molecule is OC(CC1CCCC1)c1ccc(F)cc1I. The molecule has 88 valence electrons. The molecular weight excluding hydrogens is 318 g/mol. The second-order valence-electron chi connectivity index (χ2n) is 4.57. The molecule has 1 aromatic carbocycles. The van der Waals surface area contributed by atoms with E-state index in [9.17, 15) is 9.50 Å². The third kappa shape index (κ3) is 2.94. The quantitative estimate of drug-likeness (QED) is 0.827. The van der Waals surface area contributed by atoms with Crippen molar-refractivity contribution in [2.45, 2.75) is 38.2 Å². The fourth-order valence-corrected chi connectivity index (χ4v) is 3.30. The molecule has 3 heteroatoms.